The van der Waals surface area contributed by atoms with Gasteiger partial charge in [0.05, 0.1) is 20.8 Å². The van der Waals surface area contributed by atoms with Gasteiger partial charge in [-0.1, -0.05) is 30.3 Å². The van der Waals surface area contributed by atoms with Gasteiger partial charge in [-0.25, -0.2) is 0 Å². The average Bonchev–Trinajstić information content (AvgIpc) is 2.73. The Morgan fingerprint density at radius 2 is 1.74 bits per heavy atom. The number of carbonyl (C=O) groups is 1. The van der Waals surface area contributed by atoms with Gasteiger partial charge in [-0.05, 0) is 17.7 Å². The van der Waals surface area contributed by atoms with Crippen LogP contribution in [0.3, 0.4) is 0 Å². The number of methoxy groups -OCH3 is 2. The Bertz CT molecular complexity index is 763. The van der Waals surface area contributed by atoms with E-state index >= 15 is 0 Å². The number of hydrogen-bond acceptors (Lipinski definition) is 4. The van der Waals surface area contributed by atoms with Crippen molar-refractivity contribution in [2.75, 3.05) is 27.8 Å². The van der Waals surface area contributed by atoms with Gasteiger partial charge in [-0.3, -0.25) is 9.79 Å². The van der Waals surface area contributed by atoms with Crippen LogP contribution in [0.2, 0.25) is 0 Å². The van der Waals surface area contributed by atoms with Crippen molar-refractivity contribution in [3.8, 4) is 11.5 Å². The molecule has 7 heteroatoms. The van der Waals surface area contributed by atoms with E-state index in [2.05, 4.69) is 20.9 Å². The molecule has 0 aliphatic rings. The fourth-order valence-electron chi connectivity index (χ4n) is 2.42. The monoisotopic (exact) mass is 370 g/mol. The van der Waals surface area contributed by atoms with E-state index in [-0.39, 0.29) is 12.5 Å². The zero-order valence-corrected chi connectivity index (χ0v) is 15.9. The molecule has 0 saturated carbocycles. The van der Waals surface area contributed by atoms with Gasteiger partial charge in [0, 0.05) is 31.8 Å². The third kappa shape index (κ3) is 6.54. The summed E-state index contributed by atoms with van der Waals surface area (Å²) in [6.45, 7) is 1.13. The van der Waals surface area contributed by atoms with Gasteiger partial charge in [-0.2, -0.15) is 0 Å². The third-order valence-corrected chi connectivity index (χ3v) is 3.91. The molecule has 27 heavy (non-hydrogen) atoms. The van der Waals surface area contributed by atoms with E-state index in [0.29, 0.717) is 19.0 Å². The smallest absolute Gasteiger partial charge is 0.239 e. The summed E-state index contributed by atoms with van der Waals surface area (Å²) in [4.78, 5) is 16.1. The fourth-order valence-corrected chi connectivity index (χ4v) is 2.42. The van der Waals surface area contributed by atoms with Crippen LogP contribution in [0, 0.1) is 0 Å². The molecule has 2 aromatic rings. The van der Waals surface area contributed by atoms with E-state index in [1.165, 1.54) is 0 Å². The molecule has 2 aromatic carbocycles. The molecular formula is C20H26N4O3. The minimum absolute atomic E-state index is 0.108. The Balaban J connectivity index is 1.79. The van der Waals surface area contributed by atoms with Crippen molar-refractivity contribution in [2.24, 2.45) is 4.99 Å². The van der Waals surface area contributed by atoms with E-state index in [1.807, 2.05) is 48.5 Å². The number of amides is 1. The Morgan fingerprint density at radius 3 is 2.41 bits per heavy atom. The molecule has 0 saturated heterocycles. The summed E-state index contributed by atoms with van der Waals surface area (Å²) in [5, 5.41) is 9.03. The van der Waals surface area contributed by atoms with Crippen LogP contribution < -0.4 is 25.4 Å². The quantitative estimate of drug-likeness (QED) is 0.486. The van der Waals surface area contributed by atoms with Crippen LogP contribution in [-0.4, -0.2) is 39.7 Å². The second-order valence-corrected chi connectivity index (χ2v) is 5.72. The molecule has 0 aromatic heterocycles. The van der Waals surface area contributed by atoms with Crippen molar-refractivity contribution in [1.29, 1.82) is 0 Å². The zero-order chi connectivity index (χ0) is 19.5. The first-order valence-electron chi connectivity index (χ1n) is 8.62. The molecule has 0 spiro atoms. The van der Waals surface area contributed by atoms with E-state index < -0.39 is 0 Å². The number of carbonyl (C=O) groups excluding carboxylic acids is 1. The maximum Gasteiger partial charge on any atom is 0.239 e. The SMILES string of the molecule is CN=C(NCC(=O)NCc1ccccc1)NCc1ccc(OC)cc1OC. The van der Waals surface area contributed by atoms with Gasteiger partial charge in [0.1, 0.15) is 11.5 Å². The second-order valence-electron chi connectivity index (χ2n) is 5.72. The number of hydrogen-bond donors (Lipinski definition) is 3. The van der Waals surface area contributed by atoms with Crippen LogP contribution in [0.4, 0.5) is 0 Å². The Morgan fingerprint density at radius 1 is 0.963 bits per heavy atom. The first-order chi connectivity index (χ1) is 13.2. The van der Waals surface area contributed by atoms with Crippen LogP contribution >= 0.6 is 0 Å². The van der Waals surface area contributed by atoms with Crippen LogP contribution in [0.15, 0.2) is 53.5 Å². The number of nitrogens with one attached hydrogen (secondary N) is 3. The van der Waals surface area contributed by atoms with E-state index in [4.69, 9.17) is 9.47 Å². The first-order valence-corrected chi connectivity index (χ1v) is 8.62. The zero-order valence-electron chi connectivity index (χ0n) is 15.9. The molecule has 0 aliphatic carbocycles. The molecule has 0 unspecified atom stereocenters. The molecule has 0 aliphatic heterocycles. The lowest BCUT2D eigenvalue weighted by Crippen LogP contribution is -2.42. The number of benzene rings is 2. The largest absolute Gasteiger partial charge is 0.497 e. The van der Waals surface area contributed by atoms with Crippen molar-refractivity contribution in [2.45, 2.75) is 13.1 Å². The Labute approximate surface area is 159 Å². The van der Waals surface area contributed by atoms with E-state index in [1.54, 1.807) is 21.3 Å². The van der Waals surface area contributed by atoms with Crippen LogP contribution in [-0.2, 0) is 17.9 Å². The number of rotatable bonds is 8. The highest BCUT2D eigenvalue weighted by Gasteiger charge is 2.07. The summed E-state index contributed by atoms with van der Waals surface area (Å²) >= 11 is 0. The molecule has 2 rings (SSSR count). The minimum atomic E-state index is -0.108. The first kappa shape index (κ1) is 20.1. The van der Waals surface area contributed by atoms with Crippen LogP contribution in [0.25, 0.3) is 0 Å². The summed E-state index contributed by atoms with van der Waals surface area (Å²) < 4.78 is 10.6. The standard InChI is InChI=1S/C20H26N4O3/c1-21-20(23-13-16-9-10-17(26-2)11-18(16)27-3)24-14-19(25)22-12-15-7-5-4-6-8-15/h4-11H,12-14H2,1-3H3,(H,22,25)(H2,21,23,24). The molecular weight excluding hydrogens is 344 g/mol. The maximum absolute atomic E-state index is 12.0. The second kappa shape index (κ2) is 10.7. The molecule has 0 radical (unpaired) electrons. The normalized spacial score (nSPS) is 10.9. The number of aliphatic imine (C=N–C) groups is 1. The maximum atomic E-state index is 12.0. The molecule has 7 nitrogen and oxygen atoms in total. The summed E-state index contributed by atoms with van der Waals surface area (Å²) in [7, 11) is 4.88. The summed E-state index contributed by atoms with van der Waals surface area (Å²) in [5.41, 5.74) is 2.01. The molecule has 0 atom stereocenters. The van der Waals surface area contributed by atoms with Gasteiger partial charge < -0.3 is 25.4 Å². The molecule has 1 amide bonds. The third-order valence-electron chi connectivity index (χ3n) is 3.91. The predicted molar refractivity (Wildman–Crippen MR) is 106 cm³/mol. The molecule has 0 bridgehead atoms. The molecule has 3 N–H and O–H groups in total. The molecule has 0 fully saturated rings. The van der Waals surface area contributed by atoms with Crippen molar-refractivity contribution < 1.29 is 14.3 Å². The highest BCUT2D eigenvalue weighted by Crippen LogP contribution is 2.24. The van der Waals surface area contributed by atoms with Crippen LogP contribution in [0.5, 0.6) is 11.5 Å². The molecule has 144 valence electrons. The summed E-state index contributed by atoms with van der Waals surface area (Å²) in [6, 6.07) is 15.4. The summed E-state index contributed by atoms with van der Waals surface area (Å²) in [5.74, 6) is 1.87. The van der Waals surface area contributed by atoms with Gasteiger partial charge in [0.15, 0.2) is 5.96 Å². The Kier molecular flexibility index (Phi) is 7.96. The van der Waals surface area contributed by atoms with Gasteiger partial charge >= 0.3 is 0 Å². The van der Waals surface area contributed by atoms with E-state index in [9.17, 15) is 4.79 Å². The number of guanidine groups is 1. The topological polar surface area (TPSA) is 84.0 Å². The lowest BCUT2D eigenvalue weighted by molar-refractivity contribution is -0.120. The number of ether oxygens (including phenoxy) is 2. The lowest BCUT2D eigenvalue weighted by Gasteiger charge is -2.14. The van der Waals surface area contributed by atoms with Crippen molar-refractivity contribution in [3.63, 3.8) is 0 Å². The lowest BCUT2D eigenvalue weighted by atomic mass is 10.2. The van der Waals surface area contributed by atoms with Crippen molar-refractivity contribution >= 4 is 11.9 Å². The minimum Gasteiger partial charge on any atom is -0.497 e. The number of nitrogens with zero attached hydrogens (tertiary/aromatic N) is 1. The highest BCUT2D eigenvalue weighted by molar-refractivity contribution is 5.86. The van der Waals surface area contributed by atoms with Crippen LogP contribution in [0.1, 0.15) is 11.1 Å². The van der Waals surface area contributed by atoms with Crippen molar-refractivity contribution in [1.82, 2.24) is 16.0 Å². The van der Waals surface area contributed by atoms with Gasteiger partial charge in [0.2, 0.25) is 5.91 Å². The fraction of sp³-hybridized carbons (Fsp3) is 0.300. The molecule has 0 heterocycles. The van der Waals surface area contributed by atoms with Gasteiger partial charge in [0.25, 0.3) is 0 Å². The summed E-state index contributed by atoms with van der Waals surface area (Å²) in [6.07, 6.45) is 0. The van der Waals surface area contributed by atoms with Gasteiger partial charge in [-0.15, -0.1) is 0 Å². The highest BCUT2D eigenvalue weighted by atomic mass is 16.5. The van der Waals surface area contributed by atoms with E-state index in [0.717, 1.165) is 22.6 Å². The Hall–Kier alpha value is -3.22. The predicted octanol–water partition coefficient (Wildman–Crippen LogP) is 1.69. The van der Waals surface area contributed by atoms with Crippen molar-refractivity contribution in [3.05, 3.63) is 59.7 Å². The average molecular weight is 370 g/mol.